The van der Waals surface area contributed by atoms with E-state index in [4.69, 9.17) is 4.74 Å². The number of para-hydroxylation sites is 1. The number of hydrogen-bond donors (Lipinski definition) is 1. The molecule has 0 amide bonds. The van der Waals surface area contributed by atoms with E-state index in [0.717, 1.165) is 16.8 Å². The smallest absolute Gasteiger partial charge is 0.128 e. The Morgan fingerprint density at radius 1 is 0.783 bits per heavy atom. The lowest BCUT2D eigenvalue weighted by atomic mass is 10.00. The van der Waals surface area contributed by atoms with Gasteiger partial charge in [-0.2, -0.15) is 0 Å². The van der Waals surface area contributed by atoms with Crippen LogP contribution < -0.4 is 4.74 Å². The first-order valence-electron chi connectivity index (χ1n) is 7.84. The van der Waals surface area contributed by atoms with Gasteiger partial charge in [0.05, 0.1) is 12.6 Å². The quantitative estimate of drug-likeness (QED) is 0.511. The number of aromatic amines is 1. The number of aryl methyl sites for hydroxylation is 2. The highest BCUT2D eigenvalue weighted by Crippen LogP contribution is 2.40. The van der Waals surface area contributed by atoms with Gasteiger partial charge in [0.2, 0.25) is 0 Å². The van der Waals surface area contributed by atoms with Crippen LogP contribution >= 0.6 is 0 Å². The number of aromatic nitrogens is 1. The molecule has 0 saturated carbocycles. The van der Waals surface area contributed by atoms with Gasteiger partial charge in [0.15, 0.2) is 0 Å². The summed E-state index contributed by atoms with van der Waals surface area (Å²) in [6, 6.07) is 19.2. The van der Waals surface area contributed by atoms with Crippen LogP contribution in [0.5, 0.6) is 5.75 Å². The monoisotopic (exact) mass is 301 g/mol. The molecule has 1 N–H and O–H groups in total. The zero-order valence-electron chi connectivity index (χ0n) is 13.6. The number of nitrogens with one attached hydrogen (secondary N) is 1. The van der Waals surface area contributed by atoms with Crippen LogP contribution in [0, 0.1) is 13.8 Å². The van der Waals surface area contributed by atoms with Crippen LogP contribution in [0.3, 0.4) is 0 Å². The van der Waals surface area contributed by atoms with Crippen molar-refractivity contribution in [1.29, 1.82) is 0 Å². The second-order valence-corrected chi connectivity index (χ2v) is 6.05. The zero-order chi connectivity index (χ0) is 16.0. The first-order valence-corrected chi connectivity index (χ1v) is 7.84. The van der Waals surface area contributed by atoms with Crippen molar-refractivity contribution in [3.05, 3.63) is 65.7 Å². The molecule has 0 saturated heterocycles. The minimum atomic E-state index is 0.894. The van der Waals surface area contributed by atoms with E-state index in [-0.39, 0.29) is 0 Å². The van der Waals surface area contributed by atoms with Gasteiger partial charge in [-0.15, -0.1) is 0 Å². The molecule has 0 aliphatic rings. The van der Waals surface area contributed by atoms with Gasteiger partial charge in [0.25, 0.3) is 0 Å². The van der Waals surface area contributed by atoms with Crippen LogP contribution in [0.25, 0.3) is 32.9 Å². The van der Waals surface area contributed by atoms with Gasteiger partial charge in [-0.1, -0.05) is 48.0 Å². The van der Waals surface area contributed by atoms with E-state index in [9.17, 15) is 0 Å². The molecule has 1 heterocycles. The summed E-state index contributed by atoms with van der Waals surface area (Å²) in [5, 5.41) is 2.50. The molecule has 0 aliphatic heterocycles. The van der Waals surface area contributed by atoms with Crippen molar-refractivity contribution >= 4 is 21.8 Å². The van der Waals surface area contributed by atoms with Crippen molar-refractivity contribution in [3.8, 4) is 16.9 Å². The fraction of sp³-hybridized carbons (Fsp3) is 0.143. The van der Waals surface area contributed by atoms with Crippen molar-refractivity contribution in [2.75, 3.05) is 7.11 Å². The SMILES string of the molecule is COc1ccc2c([nH]c3c(C)cccc32)c1-c1ccc(C)cc1. The Morgan fingerprint density at radius 3 is 2.26 bits per heavy atom. The number of H-pyrrole nitrogens is 1. The van der Waals surface area contributed by atoms with Crippen molar-refractivity contribution < 1.29 is 4.74 Å². The summed E-state index contributed by atoms with van der Waals surface area (Å²) in [4.78, 5) is 3.62. The van der Waals surface area contributed by atoms with Gasteiger partial charge < -0.3 is 9.72 Å². The summed E-state index contributed by atoms with van der Waals surface area (Å²) in [7, 11) is 1.73. The third-order valence-electron chi connectivity index (χ3n) is 4.54. The van der Waals surface area contributed by atoms with Gasteiger partial charge in [-0.3, -0.25) is 0 Å². The lowest BCUT2D eigenvalue weighted by Crippen LogP contribution is -1.89. The normalized spacial score (nSPS) is 11.3. The molecular weight excluding hydrogens is 282 g/mol. The maximum absolute atomic E-state index is 5.64. The molecular formula is C21H19NO. The first-order chi connectivity index (χ1) is 11.2. The Morgan fingerprint density at radius 2 is 1.52 bits per heavy atom. The molecule has 0 unspecified atom stereocenters. The van der Waals surface area contributed by atoms with E-state index < -0.39 is 0 Å². The summed E-state index contributed by atoms with van der Waals surface area (Å²) in [5.41, 5.74) is 7.14. The number of rotatable bonds is 2. The van der Waals surface area contributed by atoms with E-state index in [2.05, 4.69) is 73.4 Å². The molecule has 0 bridgehead atoms. The minimum Gasteiger partial charge on any atom is -0.496 e. The summed E-state index contributed by atoms with van der Waals surface area (Å²) in [5.74, 6) is 0.894. The lowest BCUT2D eigenvalue weighted by Gasteiger charge is -2.10. The molecule has 0 radical (unpaired) electrons. The fourth-order valence-electron chi connectivity index (χ4n) is 3.30. The summed E-state index contributed by atoms with van der Waals surface area (Å²) < 4.78 is 5.64. The summed E-state index contributed by atoms with van der Waals surface area (Å²) in [6.07, 6.45) is 0. The van der Waals surface area contributed by atoms with E-state index in [0.29, 0.717) is 0 Å². The Labute approximate surface area is 135 Å². The van der Waals surface area contributed by atoms with Crippen LogP contribution in [0.15, 0.2) is 54.6 Å². The predicted molar refractivity (Wildman–Crippen MR) is 97.3 cm³/mol. The second kappa shape index (κ2) is 5.17. The zero-order valence-corrected chi connectivity index (χ0v) is 13.6. The Kier molecular flexibility index (Phi) is 3.12. The Hall–Kier alpha value is -2.74. The van der Waals surface area contributed by atoms with Gasteiger partial charge in [0.1, 0.15) is 5.75 Å². The third-order valence-corrected chi connectivity index (χ3v) is 4.54. The molecule has 2 nitrogen and oxygen atoms in total. The van der Waals surface area contributed by atoms with Crippen LogP contribution in [0.2, 0.25) is 0 Å². The largest absolute Gasteiger partial charge is 0.496 e. The Balaban J connectivity index is 2.13. The summed E-state index contributed by atoms with van der Waals surface area (Å²) >= 11 is 0. The lowest BCUT2D eigenvalue weighted by molar-refractivity contribution is 0.417. The maximum Gasteiger partial charge on any atom is 0.128 e. The number of fused-ring (bicyclic) bond motifs is 3. The number of ether oxygens (including phenoxy) is 1. The van der Waals surface area contributed by atoms with Crippen LogP contribution in [0.4, 0.5) is 0 Å². The van der Waals surface area contributed by atoms with Crippen molar-refractivity contribution in [2.24, 2.45) is 0 Å². The molecule has 4 aromatic rings. The number of benzene rings is 3. The average Bonchev–Trinajstić information content (AvgIpc) is 2.95. The molecule has 0 aliphatic carbocycles. The third kappa shape index (κ3) is 2.10. The molecule has 3 aromatic carbocycles. The molecule has 0 fully saturated rings. The van der Waals surface area contributed by atoms with Crippen LogP contribution in [-0.2, 0) is 0 Å². The molecule has 23 heavy (non-hydrogen) atoms. The van der Waals surface area contributed by atoms with Crippen molar-refractivity contribution in [1.82, 2.24) is 4.98 Å². The molecule has 1 aromatic heterocycles. The molecule has 0 spiro atoms. The van der Waals surface area contributed by atoms with Crippen molar-refractivity contribution in [3.63, 3.8) is 0 Å². The number of hydrogen-bond acceptors (Lipinski definition) is 1. The standard InChI is InChI=1S/C21H19NO/c1-13-7-9-15(10-8-13)19-18(23-3)12-11-17-16-6-4-5-14(2)20(16)22-21(17)19/h4-12,22H,1-3H3. The molecule has 2 heteroatoms. The van der Waals surface area contributed by atoms with E-state index in [1.165, 1.54) is 33.0 Å². The molecule has 0 atom stereocenters. The van der Waals surface area contributed by atoms with Gasteiger partial charge in [-0.25, -0.2) is 0 Å². The van der Waals surface area contributed by atoms with Crippen molar-refractivity contribution in [2.45, 2.75) is 13.8 Å². The Bertz CT molecular complexity index is 1010. The van der Waals surface area contributed by atoms with Gasteiger partial charge in [-0.05, 0) is 37.1 Å². The first kappa shape index (κ1) is 13.9. The highest BCUT2D eigenvalue weighted by molar-refractivity contribution is 6.13. The predicted octanol–water partition coefficient (Wildman–Crippen LogP) is 5.61. The minimum absolute atomic E-state index is 0.894. The van der Waals surface area contributed by atoms with Gasteiger partial charge >= 0.3 is 0 Å². The number of methoxy groups -OCH3 is 1. The average molecular weight is 301 g/mol. The van der Waals surface area contributed by atoms with Gasteiger partial charge in [0, 0.05) is 21.9 Å². The molecule has 114 valence electrons. The highest BCUT2D eigenvalue weighted by Gasteiger charge is 2.15. The molecule has 4 rings (SSSR count). The fourth-order valence-corrected chi connectivity index (χ4v) is 3.30. The van der Waals surface area contributed by atoms with E-state index >= 15 is 0 Å². The van der Waals surface area contributed by atoms with E-state index in [1.54, 1.807) is 7.11 Å². The second-order valence-electron chi connectivity index (χ2n) is 6.05. The maximum atomic E-state index is 5.64. The summed E-state index contributed by atoms with van der Waals surface area (Å²) in [6.45, 7) is 4.24. The highest BCUT2D eigenvalue weighted by atomic mass is 16.5. The van der Waals surface area contributed by atoms with Crippen LogP contribution in [0.1, 0.15) is 11.1 Å². The topological polar surface area (TPSA) is 25.0 Å². The van der Waals surface area contributed by atoms with Crippen LogP contribution in [-0.4, -0.2) is 12.1 Å². The van der Waals surface area contributed by atoms with E-state index in [1.807, 2.05) is 0 Å².